The van der Waals surface area contributed by atoms with Gasteiger partial charge >= 0.3 is 0 Å². The molecule has 19 heavy (non-hydrogen) atoms. The van der Waals surface area contributed by atoms with Crippen molar-refractivity contribution in [3.05, 3.63) is 23.7 Å². The van der Waals surface area contributed by atoms with E-state index in [0.717, 1.165) is 45.2 Å². The number of nitrogens with one attached hydrogen (secondary N) is 1. The lowest BCUT2D eigenvalue weighted by molar-refractivity contribution is -0.00708. The molecule has 1 unspecified atom stereocenters. The van der Waals surface area contributed by atoms with Crippen molar-refractivity contribution >= 4 is 0 Å². The Morgan fingerprint density at radius 2 is 2.32 bits per heavy atom. The van der Waals surface area contributed by atoms with Gasteiger partial charge in [-0.3, -0.25) is 4.90 Å². The first-order valence-electron chi connectivity index (χ1n) is 7.24. The van der Waals surface area contributed by atoms with Crippen LogP contribution in [0.2, 0.25) is 0 Å². The van der Waals surface area contributed by atoms with Crippen LogP contribution in [0, 0.1) is 5.92 Å². The average Bonchev–Trinajstić information content (AvgIpc) is 2.79. The minimum absolute atomic E-state index is 0.473. The standard InChI is InChI=1S/C15H26N2O2/c1-12(2)7-16-8-14-6-15(19-11-14)9-17-4-5-18-10-13(17)3/h6,11-13,16H,4-5,7-10H2,1-3H3. The van der Waals surface area contributed by atoms with Gasteiger partial charge in [-0.1, -0.05) is 13.8 Å². The van der Waals surface area contributed by atoms with Crippen LogP contribution in [0.3, 0.4) is 0 Å². The lowest BCUT2D eigenvalue weighted by atomic mass is 10.2. The largest absolute Gasteiger partial charge is 0.468 e. The van der Waals surface area contributed by atoms with Gasteiger partial charge in [-0.2, -0.15) is 0 Å². The van der Waals surface area contributed by atoms with E-state index in [0.29, 0.717) is 12.0 Å². The van der Waals surface area contributed by atoms with Gasteiger partial charge < -0.3 is 14.5 Å². The van der Waals surface area contributed by atoms with Crippen LogP contribution >= 0.6 is 0 Å². The van der Waals surface area contributed by atoms with E-state index in [1.807, 2.05) is 6.26 Å². The van der Waals surface area contributed by atoms with Crippen molar-refractivity contribution in [2.24, 2.45) is 5.92 Å². The number of nitrogens with zero attached hydrogens (tertiary/aromatic N) is 1. The summed E-state index contributed by atoms with van der Waals surface area (Å²) in [7, 11) is 0. The number of morpholine rings is 1. The van der Waals surface area contributed by atoms with Crippen LogP contribution in [0.1, 0.15) is 32.1 Å². The Bertz CT molecular complexity index is 376. The molecule has 4 nitrogen and oxygen atoms in total. The molecule has 0 saturated carbocycles. The van der Waals surface area contributed by atoms with Crippen LogP contribution in [0.5, 0.6) is 0 Å². The third-order valence-electron chi connectivity index (χ3n) is 3.45. The molecule has 2 rings (SSSR count). The van der Waals surface area contributed by atoms with E-state index in [9.17, 15) is 0 Å². The van der Waals surface area contributed by atoms with E-state index in [1.54, 1.807) is 0 Å². The van der Waals surface area contributed by atoms with Crippen molar-refractivity contribution in [3.63, 3.8) is 0 Å². The van der Waals surface area contributed by atoms with E-state index in [4.69, 9.17) is 9.15 Å². The predicted molar refractivity (Wildman–Crippen MR) is 75.9 cm³/mol. The van der Waals surface area contributed by atoms with Crippen LogP contribution in [-0.4, -0.2) is 37.2 Å². The summed E-state index contributed by atoms with van der Waals surface area (Å²) in [6.07, 6.45) is 1.87. The van der Waals surface area contributed by atoms with Crippen molar-refractivity contribution in [1.29, 1.82) is 0 Å². The highest BCUT2D eigenvalue weighted by Gasteiger charge is 2.19. The fraction of sp³-hybridized carbons (Fsp3) is 0.733. The van der Waals surface area contributed by atoms with E-state index < -0.39 is 0 Å². The van der Waals surface area contributed by atoms with E-state index in [1.165, 1.54) is 5.56 Å². The second kappa shape index (κ2) is 7.08. The van der Waals surface area contributed by atoms with E-state index >= 15 is 0 Å². The van der Waals surface area contributed by atoms with Crippen LogP contribution < -0.4 is 5.32 Å². The molecule has 1 aliphatic heterocycles. The smallest absolute Gasteiger partial charge is 0.118 e. The zero-order valence-corrected chi connectivity index (χ0v) is 12.3. The normalized spacial score (nSPS) is 21.2. The summed E-state index contributed by atoms with van der Waals surface area (Å²) in [5, 5.41) is 3.43. The summed E-state index contributed by atoms with van der Waals surface area (Å²) in [6.45, 7) is 12.1. The van der Waals surface area contributed by atoms with Gasteiger partial charge in [-0.25, -0.2) is 0 Å². The molecule has 1 saturated heterocycles. The molecule has 4 heteroatoms. The van der Waals surface area contributed by atoms with Crippen molar-refractivity contribution in [2.45, 2.75) is 39.9 Å². The van der Waals surface area contributed by atoms with Gasteiger partial charge in [0.25, 0.3) is 0 Å². The summed E-state index contributed by atoms with van der Waals surface area (Å²) in [5.74, 6) is 1.73. The molecule has 1 aromatic rings. The summed E-state index contributed by atoms with van der Waals surface area (Å²) in [4.78, 5) is 2.41. The maximum absolute atomic E-state index is 5.65. The molecule has 1 N–H and O–H groups in total. The van der Waals surface area contributed by atoms with Crippen molar-refractivity contribution < 1.29 is 9.15 Å². The van der Waals surface area contributed by atoms with Crippen LogP contribution in [0.25, 0.3) is 0 Å². The highest BCUT2D eigenvalue weighted by Crippen LogP contribution is 2.14. The van der Waals surface area contributed by atoms with Crippen LogP contribution in [-0.2, 0) is 17.8 Å². The number of hydrogen-bond acceptors (Lipinski definition) is 4. The second-order valence-corrected chi connectivity index (χ2v) is 5.84. The maximum Gasteiger partial charge on any atom is 0.118 e. The van der Waals surface area contributed by atoms with Gasteiger partial charge in [0.15, 0.2) is 0 Å². The van der Waals surface area contributed by atoms with Gasteiger partial charge in [-0.15, -0.1) is 0 Å². The van der Waals surface area contributed by atoms with Crippen LogP contribution in [0.4, 0.5) is 0 Å². The average molecular weight is 266 g/mol. The Morgan fingerprint density at radius 1 is 1.47 bits per heavy atom. The SMILES string of the molecule is CC(C)CNCc1coc(CN2CCOCC2C)c1. The summed E-state index contributed by atoms with van der Waals surface area (Å²) < 4.78 is 11.1. The fourth-order valence-electron chi connectivity index (χ4n) is 2.30. The van der Waals surface area contributed by atoms with Crippen molar-refractivity contribution in [2.75, 3.05) is 26.3 Å². The molecular weight excluding hydrogens is 240 g/mol. The molecule has 0 aliphatic carbocycles. The minimum Gasteiger partial charge on any atom is -0.468 e. The van der Waals surface area contributed by atoms with E-state index in [-0.39, 0.29) is 0 Å². The first-order valence-corrected chi connectivity index (χ1v) is 7.24. The maximum atomic E-state index is 5.65. The Labute approximate surface area is 116 Å². The zero-order chi connectivity index (χ0) is 13.7. The topological polar surface area (TPSA) is 37.6 Å². The van der Waals surface area contributed by atoms with Crippen LogP contribution in [0.15, 0.2) is 16.7 Å². The molecular formula is C15H26N2O2. The molecule has 1 fully saturated rings. The monoisotopic (exact) mass is 266 g/mol. The molecule has 108 valence electrons. The molecule has 1 aromatic heterocycles. The lowest BCUT2D eigenvalue weighted by Crippen LogP contribution is -2.42. The molecule has 1 atom stereocenters. The van der Waals surface area contributed by atoms with Gasteiger partial charge in [0.1, 0.15) is 5.76 Å². The zero-order valence-electron chi connectivity index (χ0n) is 12.3. The number of hydrogen-bond donors (Lipinski definition) is 1. The highest BCUT2D eigenvalue weighted by molar-refractivity contribution is 5.12. The molecule has 0 spiro atoms. The Balaban J connectivity index is 1.79. The summed E-state index contributed by atoms with van der Waals surface area (Å²) in [6, 6.07) is 2.64. The van der Waals surface area contributed by atoms with Gasteiger partial charge in [-0.05, 0) is 25.5 Å². The molecule has 2 heterocycles. The third kappa shape index (κ3) is 4.64. The lowest BCUT2D eigenvalue weighted by Gasteiger charge is -2.32. The van der Waals surface area contributed by atoms with Crippen molar-refractivity contribution in [3.8, 4) is 0 Å². The van der Waals surface area contributed by atoms with Crippen molar-refractivity contribution in [1.82, 2.24) is 10.2 Å². The quantitative estimate of drug-likeness (QED) is 0.857. The molecule has 0 bridgehead atoms. The number of ether oxygens (including phenoxy) is 1. The first-order chi connectivity index (χ1) is 9.15. The van der Waals surface area contributed by atoms with Gasteiger partial charge in [0, 0.05) is 24.7 Å². The number of rotatable bonds is 6. The van der Waals surface area contributed by atoms with Gasteiger partial charge in [0.05, 0.1) is 26.0 Å². The Hall–Kier alpha value is -0.840. The number of furan rings is 1. The molecule has 0 amide bonds. The minimum atomic E-state index is 0.473. The summed E-state index contributed by atoms with van der Waals surface area (Å²) in [5.41, 5.74) is 1.23. The molecule has 0 radical (unpaired) electrons. The highest BCUT2D eigenvalue weighted by atomic mass is 16.5. The Kier molecular flexibility index (Phi) is 5.43. The predicted octanol–water partition coefficient (Wildman–Crippen LogP) is 2.25. The molecule has 1 aliphatic rings. The fourth-order valence-corrected chi connectivity index (χ4v) is 2.30. The Morgan fingerprint density at radius 3 is 3.05 bits per heavy atom. The van der Waals surface area contributed by atoms with Gasteiger partial charge in [0.2, 0.25) is 0 Å². The second-order valence-electron chi connectivity index (χ2n) is 5.84. The van der Waals surface area contributed by atoms with E-state index in [2.05, 4.69) is 37.1 Å². The summed E-state index contributed by atoms with van der Waals surface area (Å²) >= 11 is 0. The third-order valence-corrected chi connectivity index (χ3v) is 3.45. The molecule has 0 aromatic carbocycles. The first kappa shape index (κ1) is 14.6.